The zero-order valence-electron chi connectivity index (χ0n) is 11.5. The van der Waals surface area contributed by atoms with Gasteiger partial charge in [0.1, 0.15) is 0 Å². The van der Waals surface area contributed by atoms with E-state index >= 15 is 0 Å². The van der Waals surface area contributed by atoms with E-state index in [9.17, 15) is 4.79 Å². The molecule has 0 spiro atoms. The van der Waals surface area contributed by atoms with E-state index in [2.05, 4.69) is 33.4 Å². The van der Waals surface area contributed by atoms with Crippen molar-refractivity contribution < 1.29 is 4.79 Å². The second kappa shape index (κ2) is 5.86. The molecule has 0 aromatic heterocycles. The summed E-state index contributed by atoms with van der Waals surface area (Å²) in [5.41, 5.74) is 7.16. The molecule has 2 fully saturated rings. The predicted molar refractivity (Wildman–Crippen MR) is 83.4 cm³/mol. The van der Waals surface area contributed by atoms with Crippen molar-refractivity contribution in [3.05, 3.63) is 34.3 Å². The number of hydrogen-bond acceptors (Lipinski definition) is 2. The first-order valence-electron chi connectivity index (χ1n) is 7.45. The van der Waals surface area contributed by atoms with Crippen LogP contribution >= 0.6 is 15.9 Å². The third kappa shape index (κ3) is 3.23. The van der Waals surface area contributed by atoms with Gasteiger partial charge in [-0.2, -0.15) is 0 Å². The van der Waals surface area contributed by atoms with E-state index in [0.717, 1.165) is 36.6 Å². The van der Waals surface area contributed by atoms with Crippen LogP contribution in [-0.2, 0) is 4.79 Å². The highest BCUT2D eigenvalue weighted by Crippen LogP contribution is 2.48. The van der Waals surface area contributed by atoms with Crippen molar-refractivity contribution in [1.82, 2.24) is 5.32 Å². The average Bonchev–Trinajstić information content (AvgIpc) is 3.22. The molecule has 4 heteroatoms. The third-order valence-electron chi connectivity index (χ3n) is 4.52. The Morgan fingerprint density at radius 2 is 2.00 bits per heavy atom. The van der Waals surface area contributed by atoms with Crippen molar-refractivity contribution in [1.29, 1.82) is 0 Å². The van der Waals surface area contributed by atoms with E-state index in [1.165, 1.54) is 5.56 Å². The van der Waals surface area contributed by atoms with Gasteiger partial charge in [-0.25, -0.2) is 0 Å². The van der Waals surface area contributed by atoms with Crippen LogP contribution in [0.5, 0.6) is 0 Å². The first-order chi connectivity index (χ1) is 9.63. The lowest BCUT2D eigenvalue weighted by atomic mass is 9.91. The normalized spacial score (nSPS) is 32.7. The van der Waals surface area contributed by atoms with Crippen LogP contribution in [0.4, 0.5) is 0 Å². The van der Waals surface area contributed by atoms with Gasteiger partial charge >= 0.3 is 0 Å². The molecule has 2 aliphatic carbocycles. The van der Waals surface area contributed by atoms with E-state index in [1.54, 1.807) is 0 Å². The molecule has 0 aliphatic heterocycles. The standard InChI is InChI=1S/C16H21BrN2O/c17-11-3-1-2-10(8-11)14-9-15(14)16(20)19-13-6-4-12(18)5-7-13/h1-3,8,12-15H,4-7,9,18H2,(H,19,20). The Kier molecular flexibility index (Phi) is 4.13. The fourth-order valence-corrected chi connectivity index (χ4v) is 3.58. The topological polar surface area (TPSA) is 55.1 Å². The molecule has 2 atom stereocenters. The first-order valence-corrected chi connectivity index (χ1v) is 8.24. The van der Waals surface area contributed by atoms with Gasteiger partial charge in [0.25, 0.3) is 0 Å². The van der Waals surface area contributed by atoms with Crippen molar-refractivity contribution in [3.63, 3.8) is 0 Å². The largest absolute Gasteiger partial charge is 0.353 e. The zero-order valence-corrected chi connectivity index (χ0v) is 13.1. The summed E-state index contributed by atoms with van der Waals surface area (Å²) in [5, 5.41) is 3.21. The third-order valence-corrected chi connectivity index (χ3v) is 5.02. The molecule has 0 saturated heterocycles. The van der Waals surface area contributed by atoms with Crippen molar-refractivity contribution in [2.75, 3.05) is 0 Å². The van der Waals surface area contributed by atoms with E-state index in [0.29, 0.717) is 18.0 Å². The van der Waals surface area contributed by atoms with Gasteiger partial charge in [-0.15, -0.1) is 0 Å². The number of nitrogens with two attached hydrogens (primary N) is 1. The summed E-state index contributed by atoms with van der Waals surface area (Å²) in [4.78, 5) is 12.3. The van der Waals surface area contributed by atoms with E-state index in [4.69, 9.17) is 5.73 Å². The van der Waals surface area contributed by atoms with Crippen molar-refractivity contribution in [3.8, 4) is 0 Å². The minimum Gasteiger partial charge on any atom is -0.353 e. The molecule has 2 saturated carbocycles. The number of halogens is 1. The lowest BCUT2D eigenvalue weighted by Gasteiger charge is -2.26. The Morgan fingerprint density at radius 1 is 1.25 bits per heavy atom. The van der Waals surface area contributed by atoms with E-state index in [-0.39, 0.29) is 11.8 Å². The molecule has 3 nitrogen and oxygen atoms in total. The smallest absolute Gasteiger partial charge is 0.223 e. The number of amides is 1. The number of carbonyl (C=O) groups excluding carboxylic acids is 1. The van der Waals surface area contributed by atoms with Crippen LogP contribution in [0, 0.1) is 5.92 Å². The molecule has 1 aromatic rings. The van der Waals surface area contributed by atoms with Gasteiger partial charge < -0.3 is 11.1 Å². The van der Waals surface area contributed by atoms with Gasteiger partial charge in [0.2, 0.25) is 5.91 Å². The molecule has 3 N–H and O–H groups in total. The van der Waals surface area contributed by atoms with Gasteiger partial charge in [0, 0.05) is 22.5 Å². The number of nitrogens with one attached hydrogen (secondary N) is 1. The summed E-state index contributed by atoms with van der Waals surface area (Å²) in [6.07, 6.45) is 5.10. The summed E-state index contributed by atoms with van der Waals surface area (Å²) in [6, 6.07) is 8.96. The molecular formula is C16H21BrN2O. The molecule has 0 heterocycles. The minimum absolute atomic E-state index is 0.167. The molecule has 2 unspecified atom stereocenters. The summed E-state index contributed by atoms with van der Waals surface area (Å²) in [6.45, 7) is 0. The van der Waals surface area contributed by atoms with Crippen molar-refractivity contribution in [2.24, 2.45) is 11.7 Å². The molecule has 108 valence electrons. The maximum absolute atomic E-state index is 12.3. The Hall–Kier alpha value is -0.870. The lowest BCUT2D eigenvalue weighted by Crippen LogP contribution is -2.41. The van der Waals surface area contributed by atoms with Crippen molar-refractivity contribution >= 4 is 21.8 Å². The van der Waals surface area contributed by atoms with Crippen molar-refractivity contribution in [2.45, 2.75) is 50.1 Å². The fourth-order valence-electron chi connectivity index (χ4n) is 3.16. The summed E-state index contributed by atoms with van der Waals surface area (Å²) < 4.78 is 1.09. The Bertz CT molecular complexity index is 497. The number of carbonyl (C=O) groups is 1. The number of benzene rings is 1. The molecule has 0 radical (unpaired) electrons. The maximum atomic E-state index is 12.3. The summed E-state index contributed by atoms with van der Waals surface area (Å²) in [5.74, 6) is 0.800. The van der Waals surface area contributed by atoms with Gasteiger partial charge in [-0.05, 0) is 55.7 Å². The molecule has 1 amide bonds. The van der Waals surface area contributed by atoms with Crippen LogP contribution < -0.4 is 11.1 Å². The van der Waals surface area contributed by atoms with Crippen LogP contribution in [0.15, 0.2) is 28.7 Å². The first kappa shape index (κ1) is 14.1. The molecule has 3 rings (SSSR count). The Morgan fingerprint density at radius 3 is 2.70 bits per heavy atom. The molecule has 20 heavy (non-hydrogen) atoms. The van der Waals surface area contributed by atoms with Crippen LogP contribution in [0.2, 0.25) is 0 Å². The summed E-state index contributed by atoms with van der Waals surface area (Å²) in [7, 11) is 0. The monoisotopic (exact) mass is 336 g/mol. The Labute approximate surface area is 128 Å². The van der Waals surface area contributed by atoms with Crippen LogP contribution in [-0.4, -0.2) is 18.0 Å². The second-order valence-electron chi connectivity index (χ2n) is 6.12. The molecule has 2 aliphatic rings. The van der Waals surface area contributed by atoms with Gasteiger partial charge in [-0.1, -0.05) is 28.1 Å². The predicted octanol–water partition coefficient (Wildman–Crippen LogP) is 2.94. The summed E-state index contributed by atoms with van der Waals surface area (Å²) >= 11 is 3.49. The van der Waals surface area contributed by atoms with Gasteiger partial charge in [0.05, 0.1) is 0 Å². The highest BCUT2D eigenvalue weighted by Gasteiger charge is 2.44. The highest BCUT2D eigenvalue weighted by molar-refractivity contribution is 9.10. The molecule has 0 bridgehead atoms. The fraction of sp³-hybridized carbons (Fsp3) is 0.562. The zero-order chi connectivity index (χ0) is 14.1. The van der Waals surface area contributed by atoms with Gasteiger partial charge in [-0.3, -0.25) is 4.79 Å². The van der Waals surface area contributed by atoms with Crippen LogP contribution in [0.3, 0.4) is 0 Å². The molecule has 1 aromatic carbocycles. The second-order valence-corrected chi connectivity index (χ2v) is 7.04. The quantitative estimate of drug-likeness (QED) is 0.891. The molecular weight excluding hydrogens is 316 g/mol. The van der Waals surface area contributed by atoms with Crippen LogP contribution in [0.1, 0.15) is 43.6 Å². The van der Waals surface area contributed by atoms with Gasteiger partial charge in [0.15, 0.2) is 0 Å². The number of hydrogen-bond donors (Lipinski definition) is 2. The highest BCUT2D eigenvalue weighted by atomic mass is 79.9. The van der Waals surface area contributed by atoms with Crippen LogP contribution in [0.25, 0.3) is 0 Å². The lowest BCUT2D eigenvalue weighted by molar-refractivity contribution is -0.123. The minimum atomic E-state index is 0.167. The number of rotatable bonds is 3. The average molecular weight is 337 g/mol. The van der Waals surface area contributed by atoms with E-state index < -0.39 is 0 Å². The van der Waals surface area contributed by atoms with E-state index in [1.807, 2.05) is 12.1 Å². The maximum Gasteiger partial charge on any atom is 0.223 e. The SMILES string of the molecule is NC1CCC(NC(=O)C2CC2c2cccc(Br)c2)CC1. The Balaban J connectivity index is 1.53.